The van der Waals surface area contributed by atoms with E-state index in [1.54, 1.807) is 18.6 Å². The molecule has 0 aromatic carbocycles. The third-order valence-electron chi connectivity index (χ3n) is 5.32. The van der Waals surface area contributed by atoms with Crippen LogP contribution in [0.15, 0.2) is 18.6 Å². The molecule has 1 aromatic rings. The Labute approximate surface area is 107 Å². The van der Waals surface area contributed by atoms with Gasteiger partial charge in [-0.05, 0) is 56.3 Å². The van der Waals surface area contributed by atoms with Crippen LogP contribution in [0.4, 0.5) is 0 Å². The Bertz CT molecular complexity index is 447. The van der Waals surface area contributed by atoms with Gasteiger partial charge in [-0.2, -0.15) is 0 Å². The zero-order valence-corrected chi connectivity index (χ0v) is 10.5. The van der Waals surface area contributed by atoms with E-state index in [9.17, 15) is 4.79 Å². The van der Waals surface area contributed by atoms with Gasteiger partial charge in [-0.3, -0.25) is 9.78 Å². The molecule has 0 N–H and O–H groups in total. The van der Waals surface area contributed by atoms with E-state index in [1.165, 1.54) is 19.3 Å². The number of aromatic nitrogens is 2. The third kappa shape index (κ3) is 1.46. The predicted octanol–water partition coefficient (Wildman–Crippen LogP) is 2.88. The van der Waals surface area contributed by atoms with E-state index in [4.69, 9.17) is 0 Å². The Morgan fingerprint density at radius 2 is 1.67 bits per heavy atom. The molecule has 0 atom stereocenters. The van der Waals surface area contributed by atoms with Gasteiger partial charge in [0.05, 0.1) is 6.20 Å². The Morgan fingerprint density at radius 3 is 2.17 bits per heavy atom. The summed E-state index contributed by atoms with van der Waals surface area (Å²) in [5.41, 5.74) is 0.504. The number of Topliss-reactive ketones (excluding diaryl/α,β-unsaturated/α-hetero) is 1. The molecule has 3 nitrogen and oxygen atoms in total. The lowest BCUT2D eigenvalue weighted by Crippen LogP contribution is -2.50. The summed E-state index contributed by atoms with van der Waals surface area (Å²) < 4.78 is 0. The number of hydrogen-bond donors (Lipinski definition) is 0. The van der Waals surface area contributed by atoms with Gasteiger partial charge < -0.3 is 0 Å². The third-order valence-corrected chi connectivity index (χ3v) is 5.32. The van der Waals surface area contributed by atoms with Gasteiger partial charge in [0.2, 0.25) is 0 Å². The molecule has 4 aliphatic rings. The zero-order chi connectivity index (χ0) is 12.2. The van der Waals surface area contributed by atoms with E-state index in [2.05, 4.69) is 9.97 Å². The fourth-order valence-corrected chi connectivity index (χ4v) is 5.08. The van der Waals surface area contributed by atoms with Crippen molar-refractivity contribution in [2.24, 2.45) is 23.2 Å². The molecule has 0 aliphatic heterocycles. The lowest BCUT2D eigenvalue weighted by molar-refractivity contribution is -0.0355. The standard InChI is InChI=1S/C15H18N2O/c18-14(13-9-16-1-2-17-13)15-6-10-3-11(7-15)5-12(4-10)8-15/h1-2,9-12H,3-8H2. The van der Waals surface area contributed by atoms with Gasteiger partial charge in [0.25, 0.3) is 0 Å². The van der Waals surface area contributed by atoms with E-state index >= 15 is 0 Å². The van der Waals surface area contributed by atoms with Gasteiger partial charge in [-0.25, -0.2) is 4.98 Å². The Kier molecular flexibility index (Phi) is 2.14. The topological polar surface area (TPSA) is 42.9 Å². The number of carbonyl (C=O) groups is 1. The molecule has 1 aromatic heterocycles. The van der Waals surface area contributed by atoms with E-state index in [0.29, 0.717) is 5.69 Å². The number of ketones is 1. The maximum atomic E-state index is 12.8. The number of carbonyl (C=O) groups excluding carboxylic acids is 1. The Morgan fingerprint density at radius 1 is 1.06 bits per heavy atom. The monoisotopic (exact) mass is 242 g/mol. The molecule has 4 aliphatic carbocycles. The zero-order valence-electron chi connectivity index (χ0n) is 10.5. The molecule has 4 fully saturated rings. The molecule has 1 heterocycles. The first kappa shape index (κ1) is 10.7. The fourth-order valence-electron chi connectivity index (χ4n) is 5.08. The summed E-state index contributed by atoms with van der Waals surface area (Å²) in [7, 11) is 0. The van der Waals surface area contributed by atoms with Crippen LogP contribution in [0.3, 0.4) is 0 Å². The molecule has 5 rings (SSSR count). The SMILES string of the molecule is O=C(c1cnccn1)C12CC3CC(CC(C3)C1)C2. The largest absolute Gasteiger partial charge is 0.292 e. The molecule has 0 spiro atoms. The molecule has 18 heavy (non-hydrogen) atoms. The van der Waals surface area contributed by atoms with Crippen molar-refractivity contribution in [3.8, 4) is 0 Å². The van der Waals surface area contributed by atoms with Crippen LogP contribution in [0.2, 0.25) is 0 Å². The van der Waals surface area contributed by atoms with Crippen LogP contribution >= 0.6 is 0 Å². The fraction of sp³-hybridized carbons (Fsp3) is 0.667. The van der Waals surface area contributed by atoms with E-state index in [1.807, 2.05) is 0 Å². The minimum atomic E-state index is -0.0786. The van der Waals surface area contributed by atoms with Gasteiger partial charge in [-0.1, -0.05) is 0 Å². The second-order valence-corrected chi connectivity index (χ2v) is 6.62. The summed E-state index contributed by atoms with van der Waals surface area (Å²) in [6.07, 6.45) is 12.3. The molecule has 0 unspecified atom stereocenters. The summed E-state index contributed by atoms with van der Waals surface area (Å²) in [6, 6.07) is 0. The van der Waals surface area contributed by atoms with Crippen LogP contribution in [0.5, 0.6) is 0 Å². The second-order valence-electron chi connectivity index (χ2n) is 6.62. The molecular formula is C15H18N2O. The lowest BCUT2D eigenvalue weighted by atomic mass is 9.48. The van der Waals surface area contributed by atoms with Gasteiger partial charge in [-0.15, -0.1) is 0 Å². The summed E-state index contributed by atoms with van der Waals surface area (Å²) in [5.74, 6) is 2.68. The first-order valence-corrected chi connectivity index (χ1v) is 7.06. The van der Waals surface area contributed by atoms with E-state index in [0.717, 1.165) is 37.0 Å². The first-order valence-electron chi connectivity index (χ1n) is 7.06. The van der Waals surface area contributed by atoms with E-state index < -0.39 is 0 Å². The van der Waals surface area contributed by atoms with Gasteiger partial charge in [0.15, 0.2) is 5.78 Å². The molecule has 0 amide bonds. The van der Waals surface area contributed by atoms with Gasteiger partial charge >= 0.3 is 0 Å². The van der Waals surface area contributed by atoms with Crippen LogP contribution in [-0.4, -0.2) is 15.8 Å². The Hall–Kier alpha value is -1.25. The maximum Gasteiger partial charge on any atom is 0.188 e. The van der Waals surface area contributed by atoms with Crippen LogP contribution in [0.25, 0.3) is 0 Å². The van der Waals surface area contributed by atoms with Crippen molar-refractivity contribution in [1.29, 1.82) is 0 Å². The number of nitrogens with zero attached hydrogens (tertiary/aromatic N) is 2. The molecule has 0 saturated heterocycles. The molecule has 94 valence electrons. The van der Waals surface area contributed by atoms with Crippen molar-refractivity contribution in [3.05, 3.63) is 24.3 Å². The van der Waals surface area contributed by atoms with Gasteiger partial charge in [0, 0.05) is 17.8 Å². The quantitative estimate of drug-likeness (QED) is 0.749. The average Bonchev–Trinajstić information content (AvgIpc) is 2.37. The van der Waals surface area contributed by atoms with Crippen LogP contribution in [-0.2, 0) is 0 Å². The molecule has 4 saturated carbocycles. The van der Waals surface area contributed by atoms with Crippen molar-refractivity contribution < 1.29 is 4.79 Å². The average molecular weight is 242 g/mol. The number of hydrogen-bond acceptors (Lipinski definition) is 3. The van der Waals surface area contributed by atoms with Crippen molar-refractivity contribution in [2.45, 2.75) is 38.5 Å². The highest BCUT2D eigenvalue weighted by Gasteiger charge is 2.54. The van der Waals surface area contributed by atoms with Crippen molar-refractivity contribution in [1.82, 2.24) is 9.97 Å². The Balaban J connectivity index is 1.70. The molecule has 3 heteroatoms. The highest BCUT2D eigenvalue weighted by molar-refractivity contribution is 5.99. The number of rotatable bonds is 2. The highest BCUT2D eigenvalue weighted by Crippen LogP contribution is 2.60. The molecule has 4 bridgehead atoms. The van der Waals surface area contributed by atoms with Crippen molar-refractivity contribution in [2.75, 3.05) is 0 Å². The van der Waals surface area contributed by atoms with Gasteiger partial charge in [0.1, 0.15) is 5.69 Å². The minimum absolute atomic E-state index is 0.0786. The first-order chi connectivity index (χ1) is 8.75. The summed E-state index contributed by atoms with van der Waals surface area (Å²) in [6.45, 7) is 0. The highest BCUT2D eigenvalue weighted by atomic mass is 16.1. The lowest BCUT2D eigenvalue weighted by Gasteiger charge is -2.55. The summed E-state index contributed by atoms with van der Waals surface area (Å²) >= 11 is 0. The van der Waals surface area contributed by atoms with E-state index in [-0.39, 0.29) is 11.2 Å². The molecular weight excluding hydrogens is 224 g/mol. The molecule has 0 radical (unpaired) electrons. The minimum Gasteiger partial charge on any atom is -0.292 e. The summed E-state index contributed by atoms with van der Waals surface area (Å²) in [4.78, 5) is 21.1. The normalized spacial score (nSPS) is 41.0. The van der Waals surface area contributed by atoms with Crippen LogP contribution < -0.4 is 0 Å². The van der Waals surface area contributed by atoms with Crippen molar-refractivity contribution in [3.63, 3.8) is 0 Å². The van der Waals surface area contributed by atoms with Crippen LogP contribution in [0, 0.1) is 23.2 Å². The summed E-state index contributed by atoms with van der Waals surface area (Å²) in [5, 5.41) is 0. The maximum absolute atomic E-state index is 12.8. The second kappa shape index (κ2) is 3.62. The van der Waals surface area contributed by atoms with Crippen LogP contribution in [0.1, 0.15) is 49.0 Å². The smallest absolute Gasteiger partial charge is 0.188 e. The van der Waals surface area contributed by atoms with Crippen molar-refractivity contribution >= 4 is 5.78 Å². The predicted molar refractivity (Wildman–Crippen MR) is 67.0 cm³/mol.